The third-order valence-corrected chi connectivity index (χ3v) is 7.27. The van der Waals surface area contributed by atoms with E-state index in [1.54, 1.807) is 10.9 Å². The highest BCUT2D eigenvalue weighted by molar-refractivity contribution is 7.15. The van der Waals surface area contributed by atoms with Gasteiger partial charge in [0, 0.05) is 39.8 Å². The van der Waals surface area contributed by atoms with E-state index in [1.165, 1.54) is 18.3 Å². The van der Waals surface area contributed by atoms with E-state index in [0.717, 1.165) is 34.7 Å². The zero-order valence-electron chi connectivity index (χ0n) is 21.1. The summed E-state index contributed by atoms with van der Waals surface area (Å²) in [7, 11) is 0. The number of amides is 1. The largest absolute Gasteiger partial charge is 0.416 e. The van der Waals surface area contributed by atoms with Crippen LogP contribution >= 0.6 is 22.9 Å². The maximum atomic E-state index is 13.1. The molecule has 0 spiro atoms. The molecule has 2 heterocycles. The summed E-state index contributed by atoms with van der Waals surface area (Å²) < 4.78 is 41.0. The molecule has 5 rings (SSSR count). The van der Waals surface area contributed by atoms with Crippen LogP contribution in [0.2, 0.25) is 5.02 Å². The zero-order valence-corrected chi connectivity index (χ0v) is 22.6. The number of nitriles is 1. The fraction of sp³-hybridized carbons (Fsp3) is 0.0667. The van der Waals surface area contributed by atoms with E-state index < -0.39 is 17.6 Å². The Hall–Kier alpha value is -4.72. The molecule has 6 nitrogen and oxygen atoms in total. The lowest BCUT2D eigenvalue weighted by molar-refractivity contribution is -0.137. The number of carbonyl (C=O) groups excluding carboxylic acids is 1. The van der Waals surface area contributed by atoms with Gasteiger partial charge >= 0.3 is 6.18 Å². The van der Waals surface area contributed by atoms with Crippen LogP contribution < -0.4 is 5.32 Å². The van der Waals surface area contributed by atoms with E-state index in [2.05, 4.69) is 10.3 Å². The van der Waals surface area contributed by atoms with Crippen molar-refractivity contribution in [3.63, 3.8) is 0 Å². The van der Waals surface area contributed by atoms with Gasteiger partial charge in [0.2, 0.25) is 0 Å². The third-order valence-electron chi connectivity index (χ3n) is 5.99. The first-order valence-corrected chi connectivity index (χ1v) is 13.3. The van der Waals surface area contributed by atoms with Crippen molar-refractivity contribution >= 4 is 40.1 Å². The van der Waals surface area contributed by atoms with Gasteiger partial charge in [0.05, 0.1) is 16.9 Å². The van der Waals surface area contributed by atoms with Crippen molar-refractivity contribution in [2.75, 3.05) is 5.32 Å². The fourth-order valence-corrected chi connectivity index (χ4v) is 5.03. The number of nitrogens with zero attached hydrogens (tertiary/aromatic N) is 4. The van der Waals surface area contributed by atoms with Crippen LogP contribution in [0.5, 0.6) is 0 Å². The first-order chi connectivity index (χ1) is 19.7. The van der Waals surface area contributed by atoms with Gasteiger partial charge < -0.3 is 0 Å². The Bertz CT molecular complexity index is 1770. The highest BCUT2D eigenvalue weighted by Crippen LogP contribution is 2.33. The Labute approximate surface area is 242 Å². The van der Waals surface area contributed by atoms with E-state index in [9.17, 15) is 23.2 Å². The number of nitrogens with one attached hydrogen (secondary N) is 1. The molecule has 41 heavy (non-hydrogen) atoms. The SMILES string of the molecule is N#CC(=Cc1cn(-c2ccccc2)nc1-c1ccccc1)C(=O)Nc1ncc(Cc2cc(C(F)(F)F)ccc2Cl)s1. The lowest BCUT2D eigenvalue weighted by Gasteiger charge is -2.09. The number of carbonyl (C=O) groups is 1. The van der Waals surface area contributed by atoms with Gasteiger partial charge in [-0.25, -0.2) is 9.67 Å². The molecule has 0 aliphatic heterocycles. The van der Waals surface area contributed by atoms with Crippen LogP contribution in [-0.2, 0) is 17.4 Å². The topological polar surface area (TPSA) is 83.6 Å². The van der Waals surface area contributed by atoms with Gasteiger partial charge in [-0.1, -0.05) is 60.1 Å². The Morgan fingerprint density at radius 3 is 2.46 bits per heavy atom. The average molecular weight is 590 g/mol. The standard InChI is InChI=1S/C30H19ClF3N5OS/c31-26-12-11-23(30(32,33)34)14-20(26)15-25-17-36-29(41-25)37-28(40)21(16-35)13-22-18-39(24-9-5-2-6-10-24)38-27(22)19-7-3-1-4-8-19/h1-14,17-18H,15H2,(H,36,37,40). The summed E-state index contributed by atoms with van der Waals surface area (Å²) in [5, 5.41) is 17.5. The molecule has 5 aromatic rings. The lowest BCUT2D eigenvalue weighted by atomic mass is 10.1. The first-order valence-electron chi connectivity index (χ1n) is 12.2. The second-order valence-corrected chi connectivity index (χ2v) is 10.3. The monoisotopic (exact) mass is 589 g/mol. The second kappa shape index (κ2) is 11.8. The predicted molar refractivity (Wildman–Crippen MR) is 153 cm³/mol. The van der Waals surface area contributed by atoms with Crippen LogP contribution in [0, 0.1) is 11.3 Å². The van der Waals surface area contributed by atoms with E-state index in [1.807, 2.05) is 66.7 Å². The maximum Gasteiger partial charge on any atom is 0.416 e. The number of aromatic nitrogens is 3. The first kappa shape index (κ1) is 27.8. The van der Waals surface area contributed by atoms with Crippen LogP contribution in [0.1, 0.15) is 21.6 Å². The Morgan fingerprint density at radius 2 is 1.78 bits per heavy atom. The highest BCUT2D eigenvalue weighted by Gasteiger charge is 2.31. The van der Waals surface area contributed by atoms with Crippen molar-refractivity contribution in [3.05, 3.63) is 123 Å². The molecule has 11 heteroatoms. The molecule has 0 bridgehead atoms. The molecule has 0 aliphatic carbocycles. The number of benzene rings is 3. The molecule has 1 N–H and O–H groups in total. The molecule has 3 aromatic carbocycles. The summed E-state index contributed by atoms with van der Waals surface area (Å²) in [5.41, 5.74) is 2.07. The molecular formula is C30H19ClF3N5OS. The molecule has 0 saturated carbocycles. The van der Waals surface area contributed by atoms with Gasteiger partial charge in [0.25, 0.3) is 5.91 Å². The van der Waals surface area contributed by atoms with Gasteiger partial charge in [-0.2, -0.15) is 23.5 Å². The van der Waals surface area contributed by atoms with E-state index in [0.29, 0.717) is 16.1 Å². The molecule has 2 aromatic heterocycles. The summed E-state index contributed by atoms with van der Waals surface area (Å²) in [5.74, 6) is -0.683. The van der Waals surface area contributed by atoms with Gasteiger partial charge in [-0.15, -0.1) is 11.3 Å². The smallest absolute Gasteiger partial charge is 0.297 e. The third kappa shape index (κ3) is 6.54. The van der Waals surface area contributed by atoms with Crippen molar-refractivity contribution < 1.29 is 18.0 Å². The fourth-order valence-electron chi connectivity index (χ4n) is 4.02. The van der Waals surface area contributed by atoms with Gasteiger partial charge in [-0.3, -0.25) is 10.1 Å². The lowest BCUT2D eigenvalue weighted by Crippen LogP contribution is -2.13. The Balaban J connectivity index is 1.39. The van der Waals surface area contributed by atoms with Gasteiger partial charge in [-0.05, 0) is 42.0 Å². The quantitative estimate of drug-likeness (QED) is 0.155. The molecule has 0 atom stereocenters. The summed E-state index contributed by atoms with van der Waals surface area (Å²) in [6.07, 6.45) is 0.244. The van der Waals surface area contributed by atoms with Crippen molar-refractivity contribution in [1.29, 1.82) is 5.26 Å². The molecular weight excluding hydrogens is 571 g/mol. The number of para-hydroxylation sites is 1. The van der Waals surface area contributed by atoms with Crippen molar-refractivity contribution in [3.8, 4) is 23.0 Å². The zero-order chi connectivity index (χ0) is 29.0. The second-order valence-electron chi connectivity index (χ2n) is 8.82. The normalized spacial score (nSPS) is 11.7. The minimum atomic E-state index is -4.50. The van der Waals surface area contributed by atoms with E-state index >= 15 is 0 Å². The minimum absolute atomic E-state index is 0.0936. The number of hydrogen-bond donors (Lipinski definition) is 1. The summed E-state index contributed by atoms with van der Waals surface area (Å²) in [6.45, 7) is 0. The molecule has 1 amide bonds. The summed E-state index contributed by atoms with van der Waals surface area (Å²) in [4.78, 5) is 17.8. The Kier molecular flexibility index (Phi) is 8.01. The van der Waals surface area contributed by atoms with Crippen LogP contribution in [0.15, 0.2) is 96.8 Å². The van der Waals surface area contributed by atoms with Gasteiger partial charge in [0.1, 0.15) is 11.6 Å². The number of hydrogen-bond acceptors (Lipinski definition) is 5. The number of rotatable bonds is 7. The van der Waals surface area contributed by atoms with Crippen LogP contribution in [0.4, 0.5) is 18.3 Å². The highest BCUT2D eigenvalue weighted by atomic mass is 35.5. The van der Waals surface area contributed by atoms with Crippen molar-refractivity contribution in [2.24, 2.45) is 0 Å². The molecule has 0 aliphatic rings. The number of alkyl halides is 3. The number of thiazole rings is 1. The van der Waals surface area contributed by atoms with E-state index in [4.69, 9.17) is 16.7 Å². The van der Waals surface area contributed by atoms with Gasteiger partial charge in [0.15, 0.2) is 5.13 Å². The average Bonchev–Trinajstić information content (AvgIpc) is 3.60. The molecule has 0 radical (unpaired) electrons. The number of halogens is 4. The van der Waals surface area contributed by atoms with Crippen LogP contribution in [0.3, 0.4) is 0 Å². The maximum absolute atomic E-state index is 13.1. The predicted octanol–water partition coefficient (Wildman–Crippen LogP) is 7.80. The summed E-state index contributed by atoms with van der Waals surface area (Å²) >= 11 is 7.20. The molecule has 0 unspecified atom stereocenters. The van der Waals surface area contributed by atoms with Crippen molar-refractivity contribution in [1.82, 2.24) is 14.8 Å². The Morgan fingerprint density at radius 1 is 1.07 bits per heavy atom. The summed E-state index contributed by atoms with van der Waals surface area (Å²) in [6, 6.07) is 23.9. The van der Waals surface area contributed by atoms with E-state index in [-0.39, 0.29) is 27.7 Å². The number of anilines is 1. The molecule has 0 fully saturated rings. The minimum Gasteiger partial charge on any atom is -0.297 e. The van der Waals surface area contributed by atoms with Crippen molar-refractivity contribution in [2.45, 2.75) is 12.6 Å². The van der Waals surface area contributed by atoms with Crippen LogP contribution in [0.25, 0.3) is 23.0 Å². The molecule has 204 valence electrons. The molecule has 0 saturated heterocycles. The van der Waals surface area contributed by atoms with Crippen LogP contribution in [-0.4, -0.2) is 20.7 Å².